The van der Waals surface area contributed by atoms with Crippen molar-refractivity contribution in [2.24, 2.45) is 10.4 Å². The third kappa shape index (κ3) is 3.17. The molecule has 0 unspecified atom stereocenters. The Morgan fingerprint density at radius 3 is 2.38 bits per heavy atom. The van der Waals surface area contributed by atoms with Crippen molar-refractivity contribution in [2.75, 3.05) is 0 Å². The Hall–Kier alpha value is -0.850. The largest absolute Gasteiger partial charge is 0.286 e. The lowest BCUT2D eigenvalue weighted by Gasteiger charge is -2.22. The summed E-state index contributed by atoms with van der Waals surface area (Å²) in [6.45, 7) is 10.7. The van der Waals surface area contributed by atoms with Gasteiger partial charge in [-0.25, -0.2) is 0 Å². The Balaban J connectivity index is 3.10. The van der Waals surface area contributed by atoms with Crippen LogP contribution >= 0.6 is 0 Å². The van der Waals surface area contributed by atoms with Crippen LogP contribution < -0.4 is 0 Å². The number of aliphatic imine (C=N–C) groups is 1. The second-order valence-corrected chi connectivity index (χ2v) is 4.95. The first-order chi connectivity index (χ1) is 5.81. The van der Waals surface area contributed by atoms with E-state index in [2.05, 4.69) is 57.8 Å². The van der Waals surface area contributed by atoms with Gasteiger partial charge in [0.25, 0.3) is 0 Å². The van der Waals surface area contributed by atoms with Gasteiger partial charge in [0, 0.05) is 11.6 Å². The van der Waals surface area contributed by atoms with Gasteiger partial charge in [-0.1, -0.05) is 37.6 Å². The van der Waals surface area contributed by atoms with E-state index in [9.17, 15) is 0 Å². The van der Waals surface area contributed by atoms with Gasteiger partial charge in [0.2, 0.25) is 0 Å². The van der Waals surface area contributed by atoms with Crippen LogP contribution in [0.2, 0.25) is 0 Å². The monoisotopic (exact) mass is 177 g/mol. The molecule has 0 radical (unpaired) electrons. The Morgan fingerprint density at radius 1 is 1.15 bits per heavy atom. The molecule has 0 aromatic carbocycles. The number of allylic oxidation sites excluding steroid dienone is 3. The maximum absolute atomic E-state index is 4.55. The van der Waals surface area contributed by atoms with E-state index in [-0.39, 0.29) is 11.0 Å². The van der Waals surface area contributed by atoms with E-state index in [1.807, 2.05) is 6.21 Å². The van der Waals surface area contributed by atoms with Crippen LogP contribution in [0.5, 0.6) is 0 Å². The van der Waals surface area contributed by atoms with Crippen molar-refractivity contribution in [1.82, 2.24) is 0 Å². The fourth-order valence-corrected chi connectivity index (χ4v) is 1.38. The van der Waals surface area contributed by atoms with Crippen molar-refractivity contribution in [3.05, 3.63) is 23.8 Å². The molecule has 0 bridgehead atoms. The van der Waals surface area contributed by atoms with Crippen molar-refractivity contribution in [1.29, 1.82) is 0 Å². The number of hydrogen-bond donors (Lipinski definition) is 0. The van der Waals surface area contributed by atoms with E-state index < -0.39 is 0 Å². The second kappa shape index (κ2) is 3.13. The second-order valence-electron chi connectivity index (χ2n) is 4.95. The Kier molecular flexibility index (Phi) is 2.47. The minimum Gasteiger partial charge on any atom is -0.286 e. The molecular formula is C12H19N. The van der Waals surface area contributed by atoms with Crippen molar-refractivity contribution in [3.8, 4) is 0 Å². The van der Waals surface area contributed by atoms with E-state index in [1.54, 1.807) is 0 Å². The fraction of sp³-hybridized carbons (Fsp3) is 0.583. The van der Waals surface area contributed by atoms with Crippen LogP contribution in [0.15, 0.2) is 28.8 Å². The molecule has 0 atom stereocenters. The molecule has 0 aromatic heterocycles. The van der Waals surface area contributed by atoms with Gasteiger partial charge in [-0.15, -0.1) is 0 Å². The van der Waals surface area contributed by atoms with Crippen LogP contribution in [0.25, 0.3) is 0 Å². The third-order valence-corrected chi connectivity index (χ3v) is 2.08. The van der Waals surface area contributed by atoms with Gasteiger partial charge < -0.3 is 0 Å². The predicted molar refractivity (Wildman–Crippen MR) is 59.2 cm³/mol. The Labute approximate surface area is 81.3 Å². The van der Waals surface area contributed by atoms with Gasteiger partial charge >= 0.3 is 0 Å². The van der Waals surface area contributed by atoms with Crippen LogP contribution in [-0.4, -0.2) is 11.8 Å². The topological polar surface area (TPSA) is 12.4 Å². The van der Waals surface area contributed by atoms with Gasteiger partial charge in [-0.05, 0) is 20.8 Å². The summed E-state index contributed by atoms with van der Waals surface area (Å²) in [6.07, 6.45) is 8.57. The highest BCUT2D eigenvalue weighted by Gasteiger charge is 2.17. The molecule has 0 saturated carbocycles. The van der Waals surface area contributed by atoms with Gasteiger partial charge in [-0.3, -0.25) is 4.99 Å². The summed E-state index contributed by atoms with van der Waals surface area (Å²) in [5.41, 5.74) is 1.32. The van der Waals surface area contributed by atoms with Crippen LogP contribution in [0.1, 0.15) is 34.6 Å². The molecule has 13 heavy (non-hydrogen) atoms. The summed E-state index contributed by atoms with van der Waals surface area (Å²) in [5.74, 6) is 0. The minimum absolute atomic E-state index is 0.0627. The molecule has 1 heteroatoms. The first kappa shape index (κ1) is 10.2. The van der Waals surface area contributed by atoms with Crippen LogP contribution in [0, 0.1) is 5.41 Å². The summed E-state index contributed by atoms with van der Waals surface area (Å²) in [7, 11) is 0. The van der Waals surface area contributed by atoms with Crippen molar-refractivity contribution < 1.29 is 0 Å². The summed E-state index contributed by atoms with van der Waals surface area (Å²) < 4.78 is 0. The average Bonchev–Trinajstić information content (AvgIpc) is 1.96. The van der Waals surface area contributed by atoms with Crippen LogP contribution in [-0.2, 0) is 0 Å². The molecule has 1 aliphatic rings. The maximum Gasteiger partial charge on any atom is 0.0731 e. The number of nitrogens with zero attached hydrogens (tertiary/aromatic N) is 1. The zero-order chi connectivity index (χ0) is 10.1. The molecule has 1 nitrogen and oxygen atoms in total. The standard InChI is InChI=1S/C12H19N/c1-10-6-7-12(4,5)13-9-11(2,3)8-10/h6-9H,1-5H3/b7-6-,10-8-,13-9-. The summed E-state index contributed by atoms with van der Waals surface area (Å²) in [4.78, 5) is 4.55. The zero-order valence-corrected chi connectivity index (χ0v) is 9.26. The van der Waals surface area contributed by atoms with Gasteiger partial charge in [0.05, 0.1) is 5.54 Å². The number of hydrogen-bond acceptors (Lipinski definition) is 1. The lowest BCUT2D eigenvalue weighted by Crippen LogP contribution is -2.19. The lowest BCUT2D eigenvalue weighted by atomic mass is 9.90. The quantitative estimate of drug-likeness (QED) is 0.538. The van der Waals surface area contributed by atoms with E-state index in [4.69, 9.17) is 0 Å². The minimum atomic E-state index is -0.0627. The lowest BCUT2D eigenvalue weighted by molar-refractivity contribution is 0.620. The molecule has 0 aliphatic carbocycles. The molecule has 0 amide bonds. The Bertz CT molecular complexity index is 277. The number of rotatable bonds is 0. The zero-order valence-electron chi connectivity index (χ0n) is 9.26. The molecule has 1 heterocycles. The fourth-order valence-electron chi connectivity index (χ4n) is 1.38. The highest BCUT2D eigenvalue weighted by atomic mass is 14.8. The van der Waals surface area contributed by atoms with Gasteiger partial charge in [0.1, 0.15) is 0 Å². The third-order valence-electron chi connectivity index (χ3n) is 2.08. The predicted octanol–water partition coefficient (Wildman–Crippen LogP) is 3.38. The van der Waals surface area contributed by atoms with Crippen molar-refractivity contribution >= 4 is 6.21 Å². The highest BCUT2D eigenvalue weighted by Crippen LogP contribution is 2.23. The normalized spacial score (nSPS) is 33.8. The molecular weight excluding hydrogens is 158 g/mol. The molecule has 72 valence electrons. The van der Waals surface area contributed by atoms with Crippen LogP contribution in [0.3, 0.4) is 0 Å². The highest BCUT2D eigenvalue weighted by molar-refractivity contribution is 5.69. The van der Waals surface area contributed by atoms with Crippen molar-refractivity contribution in [3.63, 3.8) is 0 Å². The van der Waals surface area contributed by atoms with E-state index in [0.717, 1.165) is 0 Å². The average molecular weight is 177 g/mol. The van der Waals surface area contributed by atoms with Gasteiger partial charge in [0.15, 0.2) is 0 Å². The SMILES string of the molecule is CC1=C/C(C)(C)/C=N\C(C)(C)/C=C\1. The molecule has 0 fully saturated rings. The van der Waals surface area contributed by atoms with Gasteiger partial charge in [-0.2, -0.15) is 0 Å². The molecule has 1 rings (SSSR count). The molecule has 0 aromatic rings. The molecule has 1 aliphatic heterocycles. The maximum atomic E-state index is 4.55. The summed E-state index contributed by atoms with van der Waals surface area (Å²) in [6, 6.07) is 0. The van der Waals surface area contributed by atoms with E-state index in [1.165, 1.54) is 5.57 Å². The first-order valence-corrected chi connectivity index (χ1v) is 4.76. The Morgan fingerprint density at radius 2 is 1.77 bits per heavy atom. The van der Waals surface area contributed by atoms with Crippen LogP contribution in [0.4, 0.5) is 0 Å². The van der Waals surface area contributed by atoms with Crippen molar-refractivity contribution in [2.45, 2.75) is 40.2 Å². The molecule has 0 saturated heterocycles. The molecule has 0 N–H and O–H groups in total. The molecule has 0 spiro atoms. The smallest absolute Gasteiger partial charge is 0.0731 e. The summed E-state index contributed by atoms with van der Waals surface area (Å²) in [5, 5.41) is 0. The summed E-state index contributed by atoms with van der Waals surface area (Å²) >= 11 is 0. The van der Waals surface area contributed by atoms with E-state index >= 15 is 0 Å². The first-order valence-electron chi connectivity index (χ1n) is 4.76. The van der Waals surface area contributed by atoms with E-state index in [0.29, 0.717) is 0 Å².